The standard InChI is InChI=1S/C15H12ClN3O.C15H14N4O.4F2.FH/c2*1-10(16)14-18-12-8-5-9-17-13(12)15(20)19(14)11-6-3-2-4-7-11;4*1-2;/h2-10H,1H3;2-10H,16H2,1H3;;;;;1H. The van der Waals surface area contributed by atoms with Gasteiger partial charge in [0.25, 0.3) is 11.1 Å². The Morgan fingerprint density at radius 1 is 0.592 bits per heavy atom. The zero-order chi connectivity index (χ0) is 36.2. The SMILES string of the molecule is CC(Cl)c1nc2cccnc2c(=O)n1-c1ccccc1.CC(N)c1nc2cccnc2c(=O)n1-c1ccccc1.F.FF.FF.FF.FF. The highest BCUT2D eigenvalue weighted by atomic mass is 35.5. The lowest BCUT2D eigenvalue weighted by Gasteiger charge is -2.15. The fourth-order valence-corrected chi connectivity index (χ4v) is 4.44. The third-order valence-corrected chi connectivity index (χ3v) is 6.30. The van der Waals surface area contributed by atoms with Gasteiger partial charge in [-0.1, -0.05) is 36.4 Å². The van der Waals surface area contributed by atoms with Crippen LogP contribution in [0.2, 0.25) is 0 Å². The lowest BCUT2D eigenvalue weighted by atomic mass is 10.2. The van der Waals surface area contributed by atoms with Crippen molar-refractivity contribution in [3.8, 4) is 11.4 Å². The van der Waals surface area contributed by atoms with Crippen LogP contribution < -0.4 is 16.9 Å². The van der Waals surface area contributed by atoms with Gasteiger partial charge in [-0.25, -0.2) is 19.9 Å². The van der Waals surface area contributed by atoms with Gasteiger partial charge >= 0.3 is 0 Å². The zero-order valence-electron chi connectivity index (χ0n) is 25.3. The first-order valence-electron chi connectivity index (χ1n) is 13.2. The van der Waals surface area contributed by atoms with Crippen LogP contribution in [-0.4, -0.2) is 29.1 Å². The fraction of sp³-hybridized carbons (Fsp3) is 0.133. The molecule has 2 unspecified atom stereocenters. The van der Waals surface area contributed by atoms with E-state index in [1.807, 2.05) is 67.6 Å². The fourth-order valence-electron chi connectivity index (χ4n) is 4.30. The van der Waals surface area contributed by atoms with Gasteiger partial charge in [0.05, 0.1) is 33.8 Å². The Kier molecular flexibility index (Phi) is 20.5. The summed E-state index contributed by atoms with van der Waals surface area (Å²) in [4.78, 5) is 42.5. The van der Waals surface area contributed by atoms with Crippen LogP contribution in [0.25, 0.3) is 33.4 Å². The predicted molar refractivity (Wildman–Crippen MR) is 169 cm³/mol. The summed E-state index contributed by atoms with van der Waals surface area (Å²) >= 11 is 6.19. The molecular weight excluding hydrogens is 697 g/mol. The molecule has 2 atom stereocenters. The number of hydrogen-bond donors (Lipinski definition) is 1. The third-order valence-electron chi connectivity index (χ3n) is 6.10. The third kappa shape index (κ3) is 10.8. The van der Waals surface area contributed by atoms with Crippen molar-refractivity contribution >= 4 is 33.7 Å². The Hall–Kier alpha value is -5.36. The normalized spacial score (nSPS) is 10.7. The van der Waals surface area contributed by atoms with Crippen LogP contribution in [0.15, 0.2) is 107 Å². The molecule has 9 nitrogen and oxygen atoms in total. The first-order chi connectivity index (χ1) is 23.4. The lowest BCUT2D eigenvalue weighted by Crippen LogP contribution is -2.27. The molecule has 0 aliphatic rings. The van der Waals surface area contributed by atoms with Gasteiger partial charge in [-0.2, -0.15) is 0 Å². The van der Waals surface area contributed by atoms with E-state index in [9.17, 15) is 9.59 Å². The quantitative estimate of drug-likeness (QED) is 0.143. The van der Waals surface area contributed by atoms with Crippen LogP contribution in [0.1, 0.15) is 36.9 Å². The highest BCUT2D eigenvalue weighted by Gasteiger charge is 2.17. The molecule has 4 aromatic heterocycles. The maximum absolute atomic E-state index is 12.7. The molecule has 0 bridgehead atoms. The van der Waals surface area contributed by atoms with Crippen molar-refractivity contribution < 1.29 is 41.3 Å². The molecule has 49 heavy (non-hydrogen) atoms. The molecule has 0 saturated heterocycles. The number of nitrogens with zero attached hydrogens (tertiary/aromatic N) is 6. The van der Waals surface area contributed by atoms with E-state index < -0.39 is 0 Å². The molecule has 6 rings (SSSR count). The van der Waals surface area contributed by atoms with E-state index in [4.69, 9.17) is 53.9 Å². The number of fused-ring (bicyclic) bond motifs is 2. The number of halogens is 10. The largest absolute Gasteiger partial charge is 0.322 e. The van der Waals surface area contributed by atoms with Crippen LogP contribution in [0, 0.1) is 0 Å². The van der Waals surface area contributed by atoms with Gasteiger partial charge in [-0.05, 0) is 62.4 Å². The second-order valence-electron chi connectivity index (χ2n) is 9.04. The van der Waals surface area contributed by atoms with E-state index in [0.717, 1.165) is 11.4 Å². The Morgan fingerprint density at radius 2 is 0.939 bits per heavy atom. The Bertz CT molecular complexity index is 1800. The van der Waals surface area contributed by atoms with Crippen LogP contribution in [-0.2, 0) is 0 Å². The summed E-state index contributed by atoms with van der Waals surface area (Å²) in [6.45, 7) is 3.61. The molecule has 264 valence electrons. The van der Waals surface area contributed by atoms with E-state index in [0.29, 0.717) is 33.7 Å². The molecule has 19 heteroatoms. The monoisotopic (exact) mass is 723 g/mol. The van der Waals surface area contributed by atoms with Crippen LogP contribution in [0.4, 0.5) is 41.3 Å². The van der Waals surface area contributed by atoms with Gasteiger partial charge in [0.1, 0.15) is 11.6 Å². The zero-order valence-corrected chi connectivity index (χ0v) is 26.0. The number of hydrogen-bond acceptors (Lipinski definition) is 7. The molecule has 0 radical (unpaired) electrons. The lowest BCUT2D eigenvalue weighted by molar-refractivity contribution is 0.108. The molecule has 0 saturated carbocycles. The van der Waals surface area contributed by atoms with Crippen LogP contribution in [0.5, 0.6) is 0 Å². The van der Waals surface area contributed by atoms with Gasteiger partial charge < -0.3 is 5.73 Å². The van der Waals surface area contributed by atoms with Crippen molar-refractivity contribution in [3.05, 3.63) is 130 Å². The summed E-state index contributed by atoms with van der Waals surface area (Å²) < 4.78 is 67.0. The van der Waals surface area contributed by atoms with Crippen molar-refractivity contribution in [2.24, 2.45) is 5.73 Å². The predicted octanol–water partition coefficient (Wildman–Crippen LogP) is 8.39. The number of alkyl halides is 1. The first kappa shape index (κ1) is 43.6. The van der Waals surface area contributed by atoms with Crippen LogP contribution in [0.3, 0.4) is 0 Å². The maximum Gasteiger partial charge on any atom is 0.284 e. The van der Waals surface area contributed by atoms with Gasteiger partial charge in [0.15, 0.2) is 11.0 Å². The second kappa shape index (κ2) is 23.0. The number of rotatable bonds is 4. The average Bonchev–Trinajstić information content (AvgIpc) is 3.16. The molecule has 0 spiro atoms. The van der Waals surface area contributed by atoms with E-state index in [-0.39, 0.29) is 27.2 Å². The highest BCUT2D eigenvalue weighted by Crippen LogP contribution is 2.21. The molecule has 4 heterocycles. The molecule has 2 aromatic carbocycles. The smallest absolute Gasteiger partial charge is 0.284 e. The summed E-state index contributed by atoms with van der Waals surface area (Å²) in [7, 11) is 0. The summed E-state index contributed by atoms with van der Waals surface area (Å²) in [5, 5.41) is -0.382. The van der Waals surface area contributed by atoms with E-state index in [1.54, 1.807) is 43.6 Å². The summed E-state index contributed by atoms with van der Waals surface area (Å²) in [5.41, 5.74) is 8.86. The van der Waals surface area contributed by atoms with Crippen molar-refractivity contribution in [2.75, 3.05) is 0 Å². The van der Waals surface area contributed by atoms with Gasteiger partial charge in [-0.15, -0.1) is 11.6 Å². The minimum atomic E-state index is -0.382. The highest BCUT2D eigenvalue weighted by molar-refractivity contribution is 6.20. The number of benzene rings is 2. The van der Waals surface area contributed by atoms with E-state index in [2.05, 4.69) is 19.9 Å². The van der Waals surface area contributed by atoms with Crippen molar-refractivity contribution in [1.29, 1.82) is 0 Å². The van der Waals surface area contributed by atoms with Gasteiger partial charge in [0.2, 0.25) is 0 Å². The van der Waals surface area contributed by atoms with Crippen molar-refractivity contribution in [2.45, 2.75) is 25.3 Å². The summed E-state index contributed by atoms with van der Waals surface area (Å²) in [6.07, 6.45) is 3.18. The Labute approximate surface area is 276 Å². The van der Waals surface area contributed by atoms with Crippen molar-refractivity contribution in [3.63, 3.8) is 0 Å². The van der Waals surface area contributed by atoms with E-state index >= 15 is 0 Å². The minimum absolute atomic E-state index is 0. The Balaban J connectivity index is 0.000000769. The topological polar surface area (TPSA) is 122 Å². The number of aromatic nitrogens is 6. The van der Waals surface area contributed by atoms with Crippen molar-refractivity contribution in [1.82, 2.24) is 29.1 Å². The van der Waals surface area contributed by atoms with Gasteiger partial charge in [0, 0.05) is 49.0 Å². The molecular formula is C30H27ClF9N7O2. The summed E-state index contributed by atoms with van der Waals surface area (Å²) in [5.74, 6) is 1.05. The Morgan fingerprint density at radius 3 is 1.29 bits per heavy atom. The molecule has 0 aliphatic carbocycles. The van der Waals surface area contributed by atoms with Gasteiger partial charge in [-0.3, -0.25) is 23.4 Å². The number of nitrogens with two attached hydrogens (primary N) is 1. The van der Waals surface area contributed by atoms with Crippen LogP contribution >= 0.6 is 11.6 Å². The molecule has 6 aromatic rings. The number of pyridine rings is 2. The molecule has 0 amide bonds. The minimum Gasteiger partial charge on any atom is -0.322 e. The molecule has 2 N–H and O–H groups in total. The maximum atomic E-state index is 12.7. The average molecular weight is 724 g/mol. The van der Waals surface area contributed by atoms with E-state index in [1.165, 1.54) is 9.13 Å². The molecule has 0 fully saturated rings. The number of para-hydroxylation sites is 2. The molecule has 0 aliphatic heterocycles. The first-order valence-corrected chi connectivity index (χ1v) is 13.6. The second-order valence-corrected chi connectivity index (χ2v) is 9.69. The summed E-state index contributed by atoms with van der Waals surface area (Å²) in [6, 6.07) is 25.4.